The molecule has 1 aliphatic carbocycles. The lowest BCUT2D eigenvalue weighted by Gasteiger charge is -2.34. The van der Waals surface area contributed by atoms with E-state index in [1.165, 1.54) is 37.7 Å². The van der Waals surface area contributed by atoms with Crippen LogP contribution in [0.2, 0.25) is 0 Å². The third kappa shape index (κ3) is 3.45. The molecule has 0 radical (unpaired) electrons. The monoisotopic (exact) mass is 247 g/mol. The molecule has 1 fully saturated rings. The molecule has 2 N–H and O–H groups in total. The van der Waals surface area contributed by atoms with Crippen molar-refractivity contribution in [3.8, 4) is 0 Å². The third-order valence-corrected chi connectivity index (χ3v) is 4.30. The summed E-state index contributed by atoms with van der Waals surface area (Å²) in [5.74, 6) is 1.57. The molecule has 1 aromatic heterocycles. The van der Waals surface area contributed by atoms with E-state index in [4.69, 9.17) is 5.73 Å². The highest BCUT2D eigenvalue weighted by Crippen LogP contribution is 2.29. The molecule has 1 saturated carbocycles. The van der Waals surface area contributed by atoms with E-state index in [1.54, 1.807) is 0 Å². The van der Waals surface area contributed by atoms with Crippen molar-refractivity contribution in [1.29, 1.82) is 0 Å². The Hall–Kier alpha value is -1.09. The maximum atomic E-state index is 5.61. The summed E-state index contributed by atoms with van der Waals surface area (Å²) in [4.78, 5) is 6.63. The molecular formula is C15H25N3. The van der Waals surface area contributed by atoms with Gasteiger partial charge in [-0.15, -0.1) is 0 Å². The quantitative estimate of drug-likeness (QED) is 0.889. The van der Waals surface area contributed by atoms with Crippen LogP contribution in [0.1, 0.15) is 44.6 Å². The Morgan fingerprint density at radius 2 is 2.00 bits per heavy atom. The lowest BCUT2D eigenvalue weighted by molar-refractivity contribution is 0.157. The minimum absolute atomic E-state index is 0.602. The normalized spacial score (nSPS) is 24.4. The van der Waals surface area contributed by atoms with Crippen molar-refractivity contribution in [1.82, 2.24) is 9.88 Å². The van der Waals surface area contributed by atoms with Crippen molar-refractivity contribution >= 4 is 5.82 Å². The van der Waals surface area contributed by atoms with Crippen molar-refractivity contribution in [2.45, 2.75) is 51.6 Å². The Bertz CT molecular complexity index is 353. The highest BCUT2D eigenvalue weighted by molar-refractivity contribution is 5.29. The first-order chi connectivity index (χ1) is 8.69. The van der Waals surface area contributed by atoms with Gasteiger partial charge in [0.15, 0.2) is 0 Å². The van der Waals surface area contributed by atoms with E-state index in [1.807, 2.05) is 12.3 Å². The summed E-state index contributed by atoms with van der Waals surface area (Å²) in [6.07, 6.45) is 8.72. The predicted octanol–water partition coefficient (Wildman–Crippen LogP) is 3.06. The summed E-state index contributed by atoms with van der Waals surface area (Å²) in [7, 11) is 2.23. The van der Waals surface area contributed by atoms with Crippen LogP contribution in [-0.4, -0.2) is 23.0 Å². The van der Waals surface area contributed by atoms with Gasteiger partial charge in [0.25, 0.3) is 0 Å². The average molecular weight is 247 g/mol. The lowest BCUT2D eigenvalue weighted by Crippen LogP contribution is -2.34. The van der Waals surface area contributed by atoms with E-state index < -0.39 is 0 Å². The van der Waals surface area contributed by atoms with Crippen LogP contribution in [0.5, 0.6) is 0 Å². The minimum atomic E-state index is 0.602. The topological polar surface area (TPSA) is 42.1 Å². The van der Waals surface area contributed by atoms with Crippen molar-refractivity contribution < 1.29 is 0 Å². The van der Waals surface area contributed by atoms with Crippen molar-refractivity contribution in [2.24, 2.45) is 5.92 Å². The first-order valence-corrected chi connectivity index (χ1v) is 7.09. The molecule has 0 atom stereocenters. The molecule has 3 nitrogen and oxygen atoms in total. The molecule has 0 spiro atoms. The molecular weight excluding hydrogens is 222 g/mol. The number of nitrogen functional groups attached to an aromatic ring is 1. The number of hydrogen-bond acceptors (Lipinski definition) is 3. The van der Waals surface area contributed by atoms with Crippen LogP contribution >= 0.6 is 0 Å². The smallest absolute Gasteiger partial charge is 0.123 e. The lowest BCUT2D eigenvalue weighted by atomic mass is 9.84. The van der Waals surface area contributed by atoms with Crippen LogP contribution in [-0.2, 0) is 6.54 Å². The predicted molar refractivity (Wildman–Crippen MR) is 76.2 cm³/mol. The largest absolute Gasteiger partial charge is 0.384 e. The Morgan fingerprint density at radius 3 is 2.56 bits per heavy atom. The molecule has 100 valence electrons. The average Bonchev–Trinajstić information content (AvgIpc) is 2.41. The zero-order chi connectivity index (χ0) is 13.0. The zero-order valence-corrected chi connectivity index (χ0v) is 11.6. The van der Waals surface area contributed by atoms with Crippen LogP contribution < -0.4 is 5.73 Å². The van der Waals surface area contributed by atoms with Gasteiger partial charge in [0.1, 0.15) is 5.82 Å². The molecule has 1 heterocycles. The van der Waals surface area contributed by atoms with Crippen LogP contribution in [0, 0.1) is 5.92 Å². The number of nitrogens with two attached hydrogens (primary N) is 1. The SMILES string of the molecule is CCC1CCC(N(C)Cc2ccc(N)nc2)CC1. The second-order valence-corrected chi connectivity index (χ2v) is 5.59. The third-order valence-electron chi connectivity index (χ3n) is 4.30. The number of nitrogens with zero attached hydrogens (tertiary/aromatic N) is 2. The zero-order valence-electron chi connectivity index (χ0n) is 11.6. The van der Waals surface area contributed by atoms with Crippen LogP contribution in [0.3, 0.4) is 0 Å². The molecule has 3 heteroatoms. The van der Waals surface area contributed by atoms with Gasteiger partial charge in [0.05, 0.1) is 0 Å². The van der Waals surface area contributed by atoms with Crippen molar-refractivity contribution in [3.05, 3.63) is 23.9 Å². The van der Waals surface area contributed by atoms with Gasteiger partial charge in [-0.05, 0) is 50.3 Å². The molecule has 0 bridgehead atoms. The van der Waals surface area contributed by atoms with Crippen molar-refractivity contribution in [2.75, 3.05) is 12.8 Å². The number of anilines is 1. The summed E-state index contributed by atoms with van der Waals surface area (Å²) in [6, 6.07) is 4.71. The number of pyridine rings is 1. The number of rotatable bonds is 4. The summed E-state index contributed by atoms with van der Waals surface area (Å²) in [5, 5.41) is 0. The molecule has 18 heavy (non-hydrogen) atoms. The molecule has 0 unspecified atom stereocenters. The maximum absolute atomic E-state index is 5.61. The molecule has 0 aliphatic heterocycles. The van der Waals surface area contributed by atoms with E-state index in [9.17, 15) is 0 Å². The fourth-order valence-corrected chi connectivity index (χ4v) is 2.94. The van der Waals surface area contributed by atoms with Gasteiger partial charge in [-0.2, -0.15) is 0 Å². The van der Waals surface area contributed by atoms with E-state index in [0.717, 1.165) is 18.5 Å². The fourth-order valence-electron chi connectivity index (χ4n) is 2.94. The number of hydrogen-bond donors (Lipinski definition) is 1. The molecule has 0 amide bonds. The summed E-state index contributed by atoms with van der Waals surface area (Å²) in [5.41, 5.74) is 6.86. The highest BCUT2D eigenvalue weighted by atomic mass is 15.1. The van der Waals surface area contributed by atoms with Crippen LogP contribution in [0.25, 0.3) is 0 Å². The van der Waals surface area contributed by atoms with E-state index in [-0.39, 0.29) is 0 Å². The molecule has 1 aromatic rings. The van der Waals surface area contributed by atoms with Gasteiger partial charge < -0.3 is 5.73 Å². The second-order valence-electron chi connectivity index (χ2n) is 5.59. The van der Waals surface area contributed by atoms with Crippen LogP contribution in [0.15, 0.2) is 18.3 Å². The summed E-state index contributed by atoms with van der Waals surface area (Å²) < 4.78 is 0. The first kappa shape index (κ1) is 13.3. The standard InChI is InChI=1S/C15H25N3/c1-3-12-4-7-14(8-5-12)18(2)11-13-6-9-15(16)17-10-13/h6,9-10,12,14H,3-5,7-8,11H2,1-2H3,(H2,16,17). The molecule has 1 aliphatic rings. The van der Waals surface area contributed by atoms with Gasteiger partial charge in [-0.25, -0.2) is 4.98 Å². The Morgan fingerprint density at radius 1 is 1.28 bits per heavy atom. The van der Waals surface area contributed by atoms with Gasteiger partial charge in [0, 0.05) is 18.8 Å². The minimum Gasteiger partial charge on any atom is -0.384 e. The summed E-state index contributed by atoms with van der Waals surface area (Å²) in [6.45, 7) is 3.30. The van der Waals surface area contributed by atoms with Gasteiger partial charge >= 0.3 is 0 Å². The Balaban J connectivity index is 1.85. The van der Waals surface area contributed by atoms with E-state index in [2.05, 4.69) is 29.9 Å². The molecule has 2 rings (SSSR count). The molecule has 0 aromatic carbocycles. The first-order valence-electron chi connectivity index (χ1n) is 7.09. The number of aromatic nitrogens is 1. The maximum Gasteiger partial charge on any atom is 0.123 e. The molecule has 0 saturated heterocycles. The summed E-state index contributed by atoms with van der Waals surface area (Å²) >= 11 is 0. The van der Waals surface area contributed by atoms with Crippen molar-refractivity contribution in [3.63, 3.8) is 0 Å². The van der Waals surface area contributed by atoms with Gasteiger partial charge in [-0.1, -0.05) is 19.4 Å². The van der Waals surface area contributed by atoms with E-state index in [0.29, 0.717) is 5.82 Å². The second kappa shape index (κ2) is 6.19. The van der Waals surface area contributed by atoms with Gasteiger partial charge in [-0.3, -0.25) is 4.90 Å². The fraction of sp³-hybridized carbons (Fsp3) is 0.667. The van der Waals surface area contributed by atoms with Crippen LogP contribution in [0.4, 0.5) is 5.82 Å². The Labute approximate surface area is 110 Å². The van der Waals surface area contributed by atoms with Gasteiger partial charge in [0.2, 0.25) is 0 Å². The highest BCUT2D eigenvalue weighted by Gasteiger charge is 2.22. The Kier molecular flexibility index (Phi) is 4.59. The van der Waals surface area contributed by atoms with E-state index >= 15 is 0 Å².